The molecule has 1 saturated heterocycles. The Labute approximate surface area is 108 Å². The molecule has 5 nitrogen and oxygen atoms in total. The highest BCUT2D eigenvalue weighted by Crippen LogP contribution is 2.58. The fourth-order valence-corrected chi connectivity index (χ4v) is 3.36. The minimum Gasteiger partial charge on any atom is -0.356 e. The summed E-state index contributed by atoms with van der Waals surface area (Å²) in [5.41, 5.74) is -2.79. The summed E-state index contributed by atoms with van der Waals surface area (Å²) in [5, 5.41) is 24.5. The van der Waals surface area contributed by atoms with Crippen molar-refractivity contribution in [1.82, 2.24) is 10.6 Å². The molecule has 2 rings (SSSR count). The lowest BCUT2D eigenvalue weighted by atomic mass is 9.58. The van der Waals surface area contributed by atoms with Crippen molar-refractivity contribution in [3.05, 3.63) is 10.2 Å². The highest BCUT2D eigenvalue weighted by atomic mass is 79.9. The van der Waals surface area contributed by atoms with Gasteiger partial charge in [0, 0.05) is 5.41 Å². The zero-order valence-electron chi connectivity index (χ0n) is 9.68. The third-order valence-electron chi connectivity index (χ3n) is 4.13. The highest BCUT2D eigenvalue weighted by Gasteiger charge is 2.72. The lowest BCUT2D eigenvalue weighted by Gasteiger charge is -2.47. The van der Waals surface area contributed by atoms with Gasteiger partial charge in [-0.3, -0.25) is 4.79 Å². The molecule has 2 aliphatic heterocycles. The van der Waals surface area contributed by atoms with E-state index in [1.54, 1.807) is 20.8 Å². The molecule has 2 heterocycles. The van der Waals surface area contributed by atoms with Crippen LogP contribution in [0.25, 0.3) is 0 Å². The average molecular weight is 295 g/mol. The lowest BCUT2D eigenvalue weighted by Crippen LogP contribution is -2.62. The van der Waals surface area contributed by atoms with E-state index in [4.69, 9.17) is 0 Å². The molecule has 2 atom stereocenters. The minimum atomic E-state index is -1.44. The number of nitrogens with one attached hydrogen (secondary N) is 2. The standard InChI is InChI=1S/C11H11BrN4O/c1-9(2)10(3)15-7(12)6(4-13)11(9,5-14)8(17)16-10/h15H,1-3H3,(H,16,17). The fraction of sp³-hybridized carbons (Fsp3) is 0.545. The molecule has 0 saturated carbocycles. The van der Waals surface area contributed by atoms with Gasteiger partial charge in [0.15, 0.2) is 5.41 Å². The Morgan fingerprint density at radius 2 is 1.82 bits per heavy atom. The molecule has 88 valence electrons. The molecule has 17 heavy (non-hydrogen) atoms. The van der Waals surface area contributed by atoms with Gasteiger partial charge in [0.05, 0.1) is 22.3 Å². The molecule has 0 radical (unpaired) electrons. The summed E-state index contributed by atoms with van der Waals surface area (Å²) in [4.78, 5) is 12.2. The minimum absolute atomic E-state index is 0.137. The van der Waals surface area contributed by atoms with Crippen molar-refractivity contribution < 1.29 is 4.79 Å². The summed E-state index contributed by atoms with van der Waals surface area (Å²) in [7, 11) is 0. The van der Waals surface area contributed by atoms with Crippen molar-refractivity contribution in [1.29, 1.82) is 10.5 Å². The fourth-order valence-electron chi connectivity index (χ4n) is 2.58. The molecule has 0 aliphatic carbocycles. The third kappa shape index (κ3) is 0.999. The molecule has 6 heteroatoms. The summed E-state index contributed by atoms with van der Waals surface area (Å²) < 4.78 is 0.404. The molecule has 1 amide bonds. The van der Waals surface area contributed by atoms with Gasteiger partial charge < -0.3 is 10.6 Å². The molecule has 1 fully saturated rings. The smallest absolute Gasteiger partial charge is 0.248 e. The van der Waals surface area contributed by atoms with Crippen molar-refractivity contribution in [3.63, 3.8) is 0 Å². The second-order valence-corrected chi connectivity index (χ2v) is 5.78. The Bertz CT molecular complexity index is 539. The van der Waals surface area contributed by atoms with E-state index in [0.717, 1.165) is 0 Å². The van der Waals surface area contributed by atoms with E-state index in [1.807, 2.05) is 12.1 Å². The molecular weight excluding hydrogens is 284 g/mol. The van der Waals surface area contributed by atoms with Crippen LogP contribution in [0.15, 0.2) is 10.2 Å². The van der Waals surface area contributed by atoms with Crippen molar-refractivity contribution in [3.8, 4) is 12.1 Å². The van der Waals surface area contributed by atoms with E-state index in [2.05, 4.69) is 26.6 Å². The maximum Gasteiger partial charge on any atom is 0.248 e. The van der Waals surface area contributed by atoms with E-state index in [1.165, 1.54) is 0 Å². The number of rotatable bonds is 0. The van der Waals surface area contributed by atoms with Gasteiger partial charge in [0.25, 0.3) is 0 Å². The molecule has 2 N–H and O–H groups in total. The van der Waals surface area contributed by atoms with Crippen LogP contribution >= 0.6 is 15.9 Å². The quantitative estimate of drug-likeness (QED) is 0.655. The SMILES string of the molecule is CC12NC(=O)C(C#N)(C(C#N)=C(Br)N1)C2(C)C. The molecule has 0 aromatic carbocycles. The Hall–Kier alpha value is -1.53. The predicted octanol–water partition coefficient (Wildman–Crippen LogP) is 1.10. The zero-order chi connectivity index (χ0) is 13.1. The lowest BCUT2D eigenvalue weighted by molar-refractivity contribution is -0.125. The van der Waals surface area contributed by atoms with Gasteiger partial charge in [0.1, 0.15) is 5.66 Å². The number of hydrogen-bond acceptors (Lipinski definition) is 4. The number of halogens is 1. The van der Waals surface area contributed by atoms with Gasteiger partial charge in [-0.2, -0.15) is 10.5 Å². The Morgan fingerprint density at radius 1 is 1.24 bits per heavy atom. The Balaban J connectivity index is 2.87. The van der Waals surface area contributed by atoms with Gasteiger partial charge in [-0.1, -0.05) is 13.8 Å². The van der Waals surface area contributed by atoms with Crippen molar-refractivity contribution in [2.75, 3.05) is 0 Å². The van der Waals surface area contributed by atoms with Crippen LogP contribution in [-0.4, -0.2) is 11.6 Å². The first kappa shape index (κ1) is 11.9. The summed E-state index contributed by atoms with van der Waals surface area (Å²) in [6.07, 6.45) is 0. The number of carbonyl (C=O) groups excluding carboxylic acids is 1. The number of hydrogen-bond donors (Lipinski definition) is 2. The van der Waals surface area contributed by atoms with Gasteiger partial charge >= 0.3 is 0 Å². The summed E-state index contributed by atoms with van der Waals surface area (Å²) in [6.45, 7) is 5.41. The van der Waals surface area contributed by atoms with E-state index in [0.29, 0.717) is 4.61 Å². The van der Waals surface area contributed by atoms with Crippen LogP contribution in [0, 0.1) is 33.5 Å². The average Bonchev–Trinajstić information content (AvgIpc) is 2.31. The molecule has 2 unspecified atom stereocenters. The number of nitriles is 2. The van der Waals surface area contributed by atoms with Crippen molar-refractivity contribution >= 4 is 21.8 Å². The normalized spacial score (nSPS) is 37.9. The maximum atomic E-state index is 12.2. The van der Waals surface area contributed by atoms with Crippen LogP contribution in [-0.2, 0) is 4.79 Å². The second-order valence-electron chi connectivity index (χ2n) is 4.99. The summed E-state index contributed by atoms with van der Waals surface area (Å²) >= 11 is 3.23. The van der Waals surface area contributed by atoms with Crippen LogP contribution < -0.4 is 10.6 Å². The predicted molar refractivity (Wildman–Crippen MR) is 63.1 cm³/mol. The first-order chi connectivity index (χ1) is 7.77. The van der Waals surface area contributed by atoms with Gasteiger partial charge in [0.2, 0.25) is 5.91 Å². The number of fused-ring (bicyclic) bond motifs is 2. The van der Waals surface area contributed by atoms with Crippen LogP contribution in [0.3, 0.4) is 0 Å². The van der Waals surface area contributed by atoms with E-state index < -0.39 is 22.4 Å². The van der Waals surface area contributed by atoms with Gasteiger partial charge in [-0.25, -0.2) is 0 Å². The Kier molecular flexibility index (Phi) is 2.12. The number of carbonyl (C=O) groups is 1. The first-order valence-electron chi connectivity index (χ1n) is 5.09. The number of nitrogens with zero attached hydrogens (tertiary/aromatic N) is 2. The van der Waals surface area contributed by atoms with Crippen LogP contribution in [0.2, 0.25) is 0 Å². The summed E-state index contributed by atoms with van der Waals surface area (Å²) in [6, 6.07) is 4.01. The topological polar surface area (TPSA) is 88.7 Å². The van der Waals surface area contributed by atoms with Crippen LogP contribution in [0.4, 0.5) is 0 Å². The molecule has 2 bridgehead atoms. The molecular formula is C11H11BrN4O. The van der Waals surface area contributed by atoms with Gasteiger partial charge in [-0.05, 0) is 22.9 Å². The third-order valence-corrected chi connectivity index (χ3v) is 4.72. The first-order valence-corrected chi connectivity index (χ1v) is 5.88. The molecule has 2 aliphatic rings. The Morgan fingerprint density at radius 3 is 2.29 bits per heavy atom. The van der Waals surface area contributed by atoms with Crippen molar-refractivity contribution in [2.45, 2.75) is 26.4 Å². The van der Waals surface area contributed by atoms with E-state index >= 15 is 0 Å². The molecule has 0 spiro atoms. The number of amides is 1. The molecule has 0 aromatic rings. The highest BCUT2D eigenvalue weighted by molar-refractivity contribution is 9.11. The van der Waals surface area contributed by atoms with Crippen LogP contribution in [0.1, 0.15) is 20.8 Å². The zero-order valence-corrected chi connectivity index (χ0v) is 11.3. The monoisotopic (exact) mass is 294 g/mol. The van der Waals surface area contributed by atoms with Gasteiger partial charge in [-0.15, -0.1) is 0 Å². The molecule has 0 aromatic heterocycles. The van der Waals surface area contributed by atoms with E-state index in [-0.39, 0.29) is 5.57 Å². The maximum absolute atomic E-state index is 12.2. The van der Waals surface area contributed by atoms with Crippen molar-refractivity contribution in [2.24, 2.45) is 10.8 Å². The van der Waals surface area contributed by atoms with E-state index in [9.17, 15) is 15.3 Å². The second kappa shape index (κ2) is 3.02. The van der Waals surface area contributed by atoms with Crippen LogP contribution in [0.5, 0.6) is 0 Å². The summed E-state index contributed by atoms with van der Waals surface area (Å²) in [5.74, 6) is -0.425. The largest absolute Gasteiger partial charge is 0.356 e.